The van der Waals surface area contributed by atoms with Crippen LogP contribution in [-0.2, 0) is 6.42 Å². The number of benzene rings is 1. The first kappa shape index (κ1) is 12.0. The molecule has 82 valence electrons. The van der Waals surface area contributed by atoms with Crippen molar-refractivity contribution < 1.29 is 0 Å². The number of rotatable bonds is 2. The summed E-state index contributed by atoms with van der Waals surface area (Å²) < 4.78 is 0.978. The lowest BCUT2D eigenvalue weighted by Crippen LogP contribution is -2.28. The van der Waals surface area contributed by atoms with Gasteiger partial charge in [-0.2, -0.15) is 0 Å². The van der Waals surface area contributed by atoms with Crippen molar-refractivity contribution >= 4 is 27.6 Å². The zero-order chi connectivity index (χ0) is 11.4. The van der Waals surface area contributed by atoms with E-state index in [0.717, 1.165) is 16.6 Å². The van der Waals surface area contributed by atoms with E-state index in [4.69, 9.17) is 5.41 Å². The number of nitrogens with zero attached hydrogens (tertiary/aromatic N) is 1. The molecule has 0 aliphatic carbocycles. The summed E-state index contributed by atoms with van der Waals surface area (Å²) in [6, 6.07) is 6.14. The molecule has 0 atom stereocenters. The summed E-state index contributed by atoms with van der Waals surface area (Å²) in [4.78, 5) is 1.73. The SMILES string of the molecule is CCc1ccc(Br)c(NC(=N)N(C)C)c1. The third-order valence-electron chi connectivity index (χ3n) is 2.14. The maximum atomic E-state index is 7.70. The summed E-state index contributed by atoms with van der Waals surface area (Å²) in [7, 11) is 3.68. The zero-order valence-electron chi connectivity index (χ0n) is 9.26. The monoisotopic (exact) mass is 269 g/mol. The predicted octanol–water partition coefficient (Wildman–Crippen LogP) is 2.92. The Morgan fingerprint density at radius 3 is 2.67 bits per heavy atom. The molecule has 0 heterocycles. The number of aryl methyl sites for hydroxylation is 1. The number of guanidine groups is 1. The molecule has 4 heteroatoms. The van der Waals surface area contributed by atoms with Gasteiger partial charge in [0.05, 0.1) is 5.69 Å². The maximum absolute atomic E-state index is 7.70. The molecule has 0 saturated carbocycles. The van der Waals surface area contributed by atoms with Crippen LogP contribution in [-0.4, -0.2) is 25.0 Å². The zero-order valence-corrected chi connectivity index (χ0v) is 10.9. The topological polar surface area (TPSA) is 39.1 Å². The van der Waals surface area contributed by atoms with E-state index in [1.165, 1.54) is 5.56 Å². The molecule has 1 aromatic carbocycles. The molecule has 3 nitrogen and oxygen atoms in total. The summed E-state index contributed by atoms with van der Waals surface area (Å²) in [5.74, 6) is 0.379. The Labute approximate surface area is 99.1 Å². The number of nitrogens with one attached hydrogen (secondary N) is 2. The Hall–Kier alpha value is -1.03. The van der Waals surface area contributed by atoms with Gasteiger partial charge in [0.25, 0.3) is 0 Å². The third-order valence-corrected chi connectivity index (χ3v) is 2.83. The summed E-state index contributed by atoms with van der Waals surface area (Å²) in [5.41, 5.74) is 2.19. The maximum Gasteiger partial charge on any atom is 0.195 e. The van der Waals surface area contributed by atoms with Crippen LogP contribution in [0.3, 0.4) is 0 Å². The van der Waals surface area contributed by atoms with Crippen LogP contribution in [0, 0.1) is 5.41 Å². The fourth-order valence-electron chi connectivity index (χ4n) is 1.13. The van der Waals surface area contributed by atoms with Gasteiger partial charge in [-0.1, -0.05) is 13.0 Å². The second-order valence-electron chi connectivity index (χ2n) is 3.54. The molecule has 1 rings (SSSR count). The highest BCUT2D eigenvalue weighted by molar-refractivity contribution is 9.10. The Balaban J connectivity index is 2.88. The lowest BCUT2D eigenvalue weighted by molar-refractivity contribution is 0.616. The van der Waals surface area contributed by atoms with Crippen molar-refractivity contribution in [2.24, 2.45) is 0 Å². The van der Waals surface area contributed by atoms with Crippen molar-refractivity contribution in [2.75, 3.05) is 19.4 Å². The van der Waals surface area contributed by atoms with Crippen molar-refractivity contribution in [3.05, 3.63) is 28.2 Å². The van der Waals surface area contributed by atoms with Crippen LogP contribution in [0.5, 0.6) is 0 Å². The average Bonchev–Trinajstić information content (AvgIpc) is 2.21. The van der Waals surface area contributed by atoms with Crippen LogP contribution in [0.1, 0.15) is 12.5 Å². The molecule has 0 spiro atoms. The second-order valence-corrected chi connectivity index (χ2v) is 4.39. The predicted molar refractivity (Wildman–Crippen MR) is 68.6 cm³/mol. The first-order chi connectivity index (χ1) is 7.04. The molecule has 0 aliphatic rings. The van der Waals surface area contributed by atoms with E-state index in [1.54, 1.807) is 4.90 Å². The molecule has 0 fully saturated rings. The quantitative estimate of drug-likeness (QED) is 0.640. The molecular formula is C11H16BrN3. The smallest absolute Gasteiger partial charge is 0.195 e. The number of hydrogen-bond acceptors (Lipinski definition) is 1. The fourth-order valence-corrected chi connectivity index (χ4v) is 1.47. The lowest BCUT2D eigenvalue weighted by Gasteiger charge is -2.16. The summed E-state index contributed by atoms with van der Waals surface area (Å²) in [6.45, 7) is 2.12. The molecule has 0 aliphatic heterocycles. The van der Waals surface area contributed by atoms with Crippen molar-refractivity contribution in [1.29, 1.82) is 5.41 Å². The highest BCUT2D eigenvalue weighted by Gasteiger charge is 2.04. The molecule has 0 saturated heterocycles. The number of hydrogen-bond donors (Lipinski definition) is 2. The molecule has 0 unspecified atom stereocenters. The molecule has 15 heavy (non-hydrogen) atoms. The number of anilines is 1. The van der Waals surface area contributed by atoms with Gasteiger partial charge in [-0.05, 0) is 40.0 Å². The van der Waals surface area contributed by atoms with E-state index in [-0.39, 0.29) is 0 Å². The van der Waals surface area contributed by atoms with E-state index in [1.807, 2.05) is 20.2 Å². The molecule has 1 aromatic rings. The van der Waals surface area contributed by atoms with Gasteiger partial charge in [0, 0.05) is 18.6 Å². The summed E-state index contributed by atoms with van der Waals surface area (Å²) in [6.07, 6.45) is 0.997. The first-order valence-electron chi connectivity index (χ1n) is 4.86. The van der Waals surface area contributed by atoms with Crippen LogP contribution in [0.4, 0.5) is 5.69 Å². The first-order valence-corrected chi connectivity index (χ1v) is 5.65. The van der Waals surface area contributed by atoms with Crippen molar-refractivity contribution in [3.8, 4) is 0 Å². The minimum atomic E-state index is 0.379. The van der Waals surface area contributed by atoms with Gasteiger partial charge >= 0.3 is 0 Å². The largest absolute Gasteiger partial charge is 0.349 e. The van der Waals surface area contributed by atoms with Gasteiger partial charge in [0.1, 0.15) is 0 Å². The standard InChI is InChI=1S/C11H16BrN3/c1-4-8-5-6-9(12)10(7-8)14-11(13)15(2)3/h5-7H,4H2,1-3H3,(H2,13,14). The van der Waals surface area contributed by atoms with Gasteiger partial charge in [0.2, 0.25) is 0 Å². The minimum Gasteiger partial charge on any atom is -0.349 e. The van der Waals surface area contributed by atoms with Gasteiger partial charge in [-0.3, -0.25) is 5.41 Å². The Bertz CT molecular complexity index is 361. The van der Waals surface area contributed by atoms with Crippen LogP contribution >= 0.6 is 15.9 Å². The van der Waals surface area contributed by atoms with Gasteiger partial charge in [-0.15, -0.1) is 0 Å². The van der Waals surface area contributed by atoms with Gasteiger partial charge < -0.3 is 10.2 Å². The fraction of sp³-hybridized carbons (Fsp3) is 0.364. The van der Waals surface area contributed by atoms with Crippen LogP contribution in [0.25, 0.3) is 0 Å². The highest BCUT2D eigenvalue weighted by Crippen LogP contribution is 2.23. The van der Waals surface area contributed by atoms with E-state index in [9.17, 15) is 0 Å². The average molecular weight is 270 g/mol. The molecular weight excluding hydrogens is 254 g/mol. The Morgan fingerprint density at radius 2 is 2.13 bits per heavy atom. The molecule has 0 amide bonds. The van der Waals surface area contributed by atoms with Crippen molar-refractivity contribution in [2.45, 2.75) is 13.3 Å². The Kier molecular flexibility index (Phi) is 4.15. The summed E-state index contributed by atoms with van der Waals surface area (Å²) in [5, 5.41) is 10.7. The van der Waals surface area contributed by atoms with E-state index in [0.29, 0.717) is 5.96 Å². The van der Waals surface area contributed by atoms with Crippen LogP contribution < -0.4 is 5.32 Å². The third kappa shape index (κ3) is 3.23. The number of halogens is 1. The normalized spacial score (nSPS) is 9.87. The molecule has 0 aromatic heterocycles. The lowest BCUT2D eigenvalue weighted by atomic mass is 10.1. The van der Waals surface area contributed by atoms with Crippen LogP contribution in [0.15, 0.2) is 22.7 Å². The molecule has 0 radical (unpaired) electrons. The van der Waals surface area contributed by atoms with E-state index >= 15 is 0 Å². The van der Waals surface area contributed by atoms with Crippen molar-refractivity contribution in [3.63, 3.8) is 0 Å². The molecule has 0 bridgehead atoms. The minimum absolute atomic E-state index is 0.379. The molecule has 2 N–H and O–H groups in total. The summed E-state index contributed by atoms with van der Waals surface area (Å²) >= 11 is 3.46. The Morgan fingerprint density at radius 1 is 1.47 bits per heavy atom. The second kappa shape index (κ2) is 5.16. The van der Waals surface area contributed by atoms with E-state index < -0.39 is 0 Å². The van der Waals surface area contributed by atoms with Gasteiger partial charge in [-0.25, -0.2) is 0 Å². The van der Waals surface area contributed by atoms with Crippen molar-refractivity contribution in [1.82, 2.24) is 4.90 Å². The van der Waals surface area contributed by atoms with E-state index in [2.05, 4.69) is 40.3 Å². The van der Waals surface area contributed by atoms with Crippen LogP contribution in [0.2, 0.25) is 0 Å². The highest BCUT2D eigenvalue weighted by atomic mass is 79.9. The van der Waals surface area contributed by atoms with Gasteiger partial charge in [0.15, 0.2) is 5.96 Å².